The molecule has 14 heavy (non-hydrogen) atoms. The van der Waals surface area contributed by atoms with Gasteiger partial charge in [-0.15, -0.1) is 12.4 Å². The van der Waals surface area contributed by atoms with Crippen LogP contribution in [0.25, 0.3) is 0 Å². The molecule has 0 aromatic rings. The highest BCUT2D eigenvalue weighted by atomic mass is 35.5. The summed E-state index contributed by atoms with van der Waals surface area (Å²) in [5, 5.41) is 3.40. The molecular formula is C10H19ClN2O. The molecule has 2 aliphatic rings. The molecule has 3 nitrogen and oxygen atoms in total. The summed E-state index contributed by atoms with van der Waals surface area (Å²) in [4.78, 5) is 13.3. The number of hydrogen-bond acceptors (Lipinski definition) is 2. The highest BCUT2D eigenvalue weighted by molar-refractivity contribution is 5.85. The molecule has 4 heteroatoms. The van der Waals surface area contributed by atoms with Crippen LogP contribution in [-0.4, -0.2) is 37.0 Å². The van der Waals surface area contributed by atoms with Gasteiger partial charge in [0.05, 0.1) is 0 Å². The second-order valence-electron chi connectivity index (χ2n) is 4.47. The highest BCUT2D eigenvalue weighted by Gasteiger charge is 2.38. The van der Waals surface area contributed by atoms with Crippen molar-refractivity contribution in [2.75, 3.05) is 26.2 Å². The van der Waals surface area contributed by atoms with Gasteiger partial charge in [-0.25, -0.2) is 0 Å². The van der Waals surface area contributed by atoms with E-state index in [0.717, 1.165) is 26.2 Å². The molecule has 0 aliphatic carbocycles. The van der Waals surface area contributed by atoms with Gasteiger partial charge in [0, 0.05) is 32.0 Å². The van der Waals surface area contributed by atoms with Crippen LogP contribution in [0.4, 0.5) is 0 Å². The van der Waals surface area contributed by atoms with Crippen LogP contribution in [0.1, 0.15) is 26.2 Å². The summed E-state index contributed by atoms with van der Waals surface area (Å²) in [7, 11) is 0. The van der Waals surface area contributed by atoms with E-state index in [1.165, 1.54) is 19.3 Å². The monoisotopic (exact) mass is 218 g/mol. The fourth-order valence-corrected chi connectivity index (χ4v) is 2.62. The van der Waals surface area contributed by atoms with Crippen molar-refractivity contribution in [2.24, 2.45) is 5.41 Å². The maximum absolute atomic E-state index is 11.2. The van der Waals surface area contributed by atoms with E-state index in [1.807, 2.05) is 4.90 Å². The number of amides is 1. The first-order chi connectivity index (χ1) is 6.22. The minimum atomic E-state index is 0. The fourth-order valence-electron chi connectivity index (χ4n) is 2.62. The molecule has 1 spiro atoms. The van der Waals surface area contributed by atoms with E-state index < -0.39 is 0 Å². The number of rotatable bonds is 0. The minimum absolute atomic E-state index is 0. The molecular weight excluding hydrogens is 200 g/mol. The lowest BCUT2D eigenvalue weighted by Gasteiger charge is -2.39. The maximum atomic E-state index is 11.2. The Morgan fingerprint density at radius 1 is 1.43 bits per heavy atom. The van der Waals surface area contributed by atoms with Crippen LogP contribution in [0.2, 0.25) is 0 Å². The van der Waals surface area contributed by atoms with Gasteiger partial charge in [-0.3, -0.25) is 4.79 Å². The van der Waals surface area contributed by atoms with Crippen molar-refractivity contribution in [1.29, 1.82) is 0 Å². The molecule has 1 unspecified atom stereocenters. The Bertz CT molecular complexity index is 214. The maximum Gasteiger partial charge on any atom is 0.219 e. The van der Waals surface area contributed by atoms with Gasteiger partial charge in [0.15, 0.2) is 0 Å². The first kappa shape index (κ1) is 11.8. The van der Waals surface area contributed by atoms with Crippen molar-refractivity contribution in [3.05, 3.63) is 0 Å². The van der Waals surface area contributed by atoms with Crippen molar-refractivity contribution < 1.29 is 4.79 Å². The normalized spacial score (nSPS) is 31.6. The number of hydrogen-bond donors (Lipinski definition) is 1. The van der Waals surface area contributed by atoms with E-state index in [2.05, 4.69) is 5.32 Å². The summed E-state index contributed by atoms with van der Waals surface area (Å²) in [6.07, 6.45) is 3.72. The number of carbonyl (C=O) groups is 1. The number of likely N-dealkylation sites (tertiary alicyclic amines) is 1. The minimum Gasteiger partial charge on any atom is -0.342 e. The first-order valence-corrected chi connectivity index (χ1v) is 5.18. The molecule has 82 valence electrons. The zero-order valence-electron chi connectivity index (χ0n) is 8.71. The predicted octanol–water partition coefficient (Wildman–Crippen LogP) is 1.03. The van der Waals surface area contributed by atoms with Gasteiger partial charge in [-0.1, -0.05) is 0 Å². The topological polar surface area (TPSA) is 32.3 Å². The summed E-state index contributed by atoms with van der Waals surface area (Å²) < 4.78 is 0. The summed E-state index contributed by atoms with van der Waals surface area (Å²) >= 11 is 0. The zero-order valence-corrected chi connectivity index (χ0v) is 9.53. The summed E-state index contributed by atoms with van der Waals surface area (Å²) in [6, 6.07) is 0. The Balaban J connectivity index is 0.000000980. The Labute approximate surface area is 91.6 Å². The number of nitrogens with one attached hydrogen (secondary N) is 1. The van der Waals surface area contributed by atoms with E-state index >= 15 is 0 Å². The average molecular weight is 219 g/mol. The Kier molecular flexibility index (Phi) is 3.78. The molecule has 1 atom stereocenters. The zero-order chi connectivity index (χ0) is 9.31. The van der Waals surface area contributed by atoms with Gasteiger partial charge in [-0.05, 0) is 25.8 Å². The van der Waals surface area contributed by atoms with E-state index in [0.29, 0.717) is 5.41 Å². The lowest BCUT2D eigenvalue weighted by Crippen LogP contribution is -2.46. The third kappa shape index (κ3) is 2.20. The molecule has 2 rings (SSSR count). The fraction of sp³-hybridized carbons (Fsp3) is 0.900. The van der Waals surface area contributed by atoms with Crippen molar-refractivity contribution in [1.82, 2.24) is 10.2 Å². The van der Waals surface area contributed by atoms with E-state index in [1.54, 1.807) is 6.92 Å². The number of halogens is 1. The lowest BCUT2D eigenvalue weighted by molar-refractivity contribution is -0.132. The van der Waals surface area contributed by atoms with Crippen LogP contribution in [0.5, 0.6) is 0 Å². The average Bonchev–Trinajstić information content (AvgIpc) is 2.53. The van der Waals surface area contributed by atoms with Crippen LogP contribution >= 0.6 is 12.4 Å². The molecule has 0 saturated carbocycles. The Morgan fingerprint density at radius 3 is 2.79 bits per heavy atom. The van der Waals surface area contributed by atoms with Crippen LogP contribution in [-0.2, 0) is 4.79 Å². The van der Waals surface area contributed by atoms with Gasteiger partial charge in [0.1, 0.15) is 0 Å². The van der Waals surface area contributed by atoms with Crippen molar-refractivity contribution in [2.45, 2.75) is 26.2 Å². The largest absolute Gasteiger partial charge is 0.342 e. The second kappa shape index (κ2) is 4.49. The quantitative estimate of drug-likeness (QED) is 0.659. The SMILES string of the molecule is CC(=O)N1CCCC2(CCNC2)C1.Cl. The third-order valence-corrected chi connectivity index (χ3v) is 3.44. The van der Waals surface area contributed by atoms with Gasteiger partial charge >= 0.3 is 0 Å². The molecule has 0 aromatic carbocycles. The van der Waals surface area contributed by atoms with Crippen molar-refractivity contribution >= 4 is 18.3 Å². The molecule has 0 aromatic heterocycles. The molecule has 2 saturated heterocycles. The first-order valence-electron chi connectivity index (χ1n) is 5.18. The number of nitrogens with zero attached hydrogens (tertiary/aromatic N) is 1. The standard InChI is InChI=1S/C10H18N2O.ClH/c1-9(13)12-6-2-3-10(8-12)4-5-11-7-10;/h11H,2-8H2,1H3;1H. The molecule has 2 aliphatic heterocycles. The van der Waals surface area contributed by atoms with Crippen LogP contribution < -0.4 is 5.32 Å². The van der Waals surface area contributed by atoms with Crippen LogP contribution in [0.15, 0.2) is 0 Å². The van der Waals surface area contributed by atoms with Gasteiger partial charge in [0.25, 0.3) is 0 Å². The molecule has 0 radical (unpaired) electrons. The number of piperidine rings is 1. The number of carbonyl (C=O) groups excluding carboxylic acids is 1. The highest BCUT2D eigenvalue weighted by Crippen LogP contribution is 2.35. The van der Waals surface area contributed by atoms with Crippen molar-refractivity contribution in [3.8, 4) is 0 Å². The van der Waals surface area contributed by atoms with E-state index in [9.17, 15) is 4.79 Å². The predicted molar refractivity (Wildman–Crippen MR) is 58.7 cm³/mol. The molecule has 2 heterocycles. The molecule has 0 bridgehead atoms. The van der Waals surface area contributed by atoms with E-state index in [4.69, 9.17) is 0 Å². The molecule has 1 amide bonds. The Morgan fingerprint density at radius 2 is 2.21 bits per heavy atom. The van der Waals surface area contributed by atoms with Gasteiger partial charge in [-0.2, -0.15) is 0 Å². The van der Waals surface area contributed by atoms with Gasteiger partial charge in [0.2, 0.25) is 5.91 Å². The van der Waals surface area contributed by atoms with Gasteiger partial charge < -0.3 is 10.2 Å². The third-order valence-electron chi connectivity index (χ3n) is 3.44. The molecule has 2 fully saturated rings. The van der Waals surface area contributed by atoms with Crippen molar-refractivity contribution in [3.63, 3.8) is 0 Å². The van der Waals surface area contributed by atoms with Crippen LogP contribution in [0, 0.1) is 5.41 Å². The summed E-state index contributed by atoms with van der Waals surface area (Å²) in [5.41, 5.74) is 0.421. The van der Waals surface area contributed by atoms with E-state index in [-0.39, 0.29) is 18.3 Å². The Hall–Kier alpha value is -0.280. The smallest absolute Gasteiger partial charge is 0.219 e. The lowest BCUT2D eigenvalue weighted by atomic mass is 9.79. The summed E-state index contributed by atoms with van der Waals surface area (Å²) in [5.74, 6) is 0.242. The second-order valence-corrected chi connectivity index (χ2v) is 4.47. The molecule has 1 N–H and O–H groups in total. The van der Waals surface area contributed by atoms with Crippen LogP contribution in [0.3, 0.4) is 0 Å². The summed E-state index contributed by atoms with van der Waals surface area (Å²) in [6.45, 7) is 5.87.